The van der Waals surface area contributed by atoms with Gasteiger partial charge in [-0.1, -0.05) is 0 Å². The molecule has 6 nitrogen and oxygen atoms in total. The van der Waals surface area contributed by atoms with Crippen LogP contribution < -0.4 is 20.1 Å². The van der Waals surface area contributed by atoms with Crippen molar-refractivity contribution in [2.75, 3.05) is 25.5 Å². The van der Waals surface area contributed by atoms with Crippen LogP contribution in [0.5, 0.6) is 11.5 Å². The number of benzene rings is 1. The number of aromatic nitrogens is 1. The maximum absolute atomic E-state index is 12.5. The predicted molar refractivity (Wildman–Crippen MR) is 94.3 cm³/mol. The minimum absolute atomic E-state index is 0.00649. The van der Waals surface area contributed by atoms with Gasteiger partial charge in [0.1, 0.15) is 5.82 Å². The van der Waals surface area contributed by atoms with Crippen LogP contribution in [-0.4, -0.2) is 37.7 Å². The van der Waals surface area contributed by atoms with Crippen molar-refractivity contribution in [2.24, 2.45) is 0 Å². The highest BCUT2D eigenvalue weighted by molar-refractivity contribution is 5.94. The van der Waals surface area contributed by atoms with Crippen LogP contribution in [0.15, 0.2) is 36.5 Å². The van der Waals surface area contributed by atoms with E-state index in [2.05, 4.69) is 20.4 Å². The molecule has 0 atom stereocenters. The number of amides is 1. The zero-order valence-electron chi connectivity index (χ0n) is 15.2. The number of carbonyl (C=O) groups excluding carboxylic acids is 1. The monoisotopic (exact) mass is 419 g/mol. The van der Waals surface area contributed by atoms with Gasteiger partial charge in [-0.15, -0.1) is 0 Å². The average molecular weight is 419 g/mol. The molecule has 2 N–H and O–H groups in total. The van der Waals surface area contributed by atoms with Crippen LogP contribution in [0, 0.1) is 0 Å². The quantitative estimate of drug-likeness (QED) is 0.476. The molecule has 1 aromatic heterocycles. The molecule has 0 spiro atoms. The van der Waals surface area contributed by atoms with Crippen molar-refractivity contribution in [3.05, 3.63) is 47.7 Å². The Balaban J connectivity index is 1.78. The maximum atomic E-state index is 12.5. The van der Waals surface area contributed by atoms with E-state index in [9.17, 15) is 26.7 Å². The first-order valence-corrected chi connectivity index (χ1v) is 8.39. The number of alkyl halides is 5. The molecular weight excluding hydrogens is 401 g/mol. The zero-order valence-corrected chi connectivity index (χ0v) is 15.2. The summed E-state index contributed by atoms with van der Waals surface area (Å²) < 4.78 is 71.2. The molecule has 0 saturated heterocycles. The Morgan fingerprint density at radius 1 is 1.14 bits per heavy atom. The number of nitrogens with zero attached hydrogens (tertiary/aromatic N) is 1. The van der Waals surface area contributed by atoms with Gasteiger partial charge in [0.25, 0.3) is 5.91 Å². The molecule has 0 radical (unpaired) electrons. The van der Waals surface area contributed by atoms with Crippen LogP contribution in [-0.2, 0) is 6.18 Å². The van der Waals surface area contributed by atoms with E-state index in [4.69, 9.17) is 4.74 Å². The van der Waals surface area contributed by atoms with Crippen molar-refractivity contribution in [3.8, 4) is 11.5 Å². The van der Waals surface area contributed by atoms with Crippen LogP contribution in [0.25, 0.3) is 0 Å². The Morgan fingerprint density at radius 2 is 1.90 bits per heavy atom. The highest BCUT2D eigenvalue weighted by Crippen LogP contribution is 2.30. The van der Waals surface area contributed by atoms with Crippen molar-refractivity contribution < 1.29 is 36.2 Å². The molecule has 0 bridgehead atoms. The molecule has 0 aliphatic heterocycles. The largest absolute Gasteiger partial charge is 0.493 e. The lowest BCUT2D eigenvalue weighted by molar-refractivity contribution is -0.137. The number of hydrogen-bond donors (Lipinski definition) is 2. The Labute approximate surface area is 163 Å². The Bertz CT molecular complexity index is 813. The second-order valence-electron chi connectivity index (χ2n) is 5.71. The SMILES string of the molecule is COc1cc(C(=O)NCCCNc2ccc(C(F)(F)F)cn2)ccc1OC(F)F. The van der Waals surface area contributed by atoms with Crippen LogP contribution in [0.3, 0.4) is 0 Å². The number of anilines is 1. The molecule has 11 heteroatoms. The topological polar surface area (TPSA) is 72.5 Å². The molecule has 1 aromatic carbocycles. The lowest BCUT2D eigenvalue weighted by atomic mass is 10.2. The Hall–Kier alpha value is -3.11. The standard InChI is InChI=1S/C18H18F5N3O3/c1-28-14-9-11(3-5-13(14)29-17(19)20)16(27)25-8-2-7-24-15-6-4-12(10-26-15)18(21,22)23/h3-6,9-10,17H,2,7-8H2,1H3,(H,24,26)(H,25,27). The van der Waals surface area contributed by atoms with Gasteiger partial charge in [-0.25, -0.2) is 4.98 Å². The Morgan fingerprint density at radius 3 is 2.48 bits per heavy atom. The molecule has 0 unspecified atom stereocenters. The number of rotatable bonds is 9. The predicted octanol–water partition coefficient (Wildman–Crippen LogP) is 3.94. The summed E-state index contributed by atoms with van der Waals surface area (Å²) in [7, 11) is 1.26. The molecular formula is C18H18F5N3O3. The summed E-state index contributed by atoms with van der Waals surface area (Å²) >= 11 is 0. The number of hydrogen-bond acceptors (Lipinski definition) is 5. The van der Waals surface area contributed by atoms with Crippen molar-refractivity contribution in [1.82, 2.24) is 10.3 Å². The molecule has 1 amide bonds. The van der Waals surface area contributed by atoms with Gasteiger partial charge in [-0.05, 0) is 36.8 Å². The van der Waals surface area contributed by atoms with E-state index in [-0.39, 0.29) is 29.4 Å². The summed E-state index contributed by atoms with van der Waals surface area (Å²) in [5.74, 6) is -0.358. The number of carbonyl (C=O) groups is 1. The third kappa shape index (κ3) is 6.77. The van der Waals surface area contributed by atoms with Gasteiger partial charge in [0, 0.05) is 24.8 Å². The lowest BCUT2D eigenvalue weighted by Gasteiger charge is -2.12. The summed E-state index contributed by atoms with van der Waals surface area (Å²) in [6.07, 6.45) is -3.24. The van der Waals surface area contributed by atoms with Gasteiger partial charge in [0.2, 0.25) is 0 Å². The highest BCUT2D eigenvalue weighted by atomic mass is 19.4. The first kappa shape index (κ1) is 22.2. The number of pyridine rings is 1. The first-order valence-electron chi connectivity index (χ1n) is 8.39. The molecule has 0 saturated carbocycles. The normalized spacial score (nSPS) is 11.3. The van der Waals surface area contributed by atoms with Crippen LogP contribution in [0.1, 0.15) is 22.3 Å². The highest BCUT2D eigenvalue weighted by Gasteiger charge is 2.30. The number of nitrogens with one attached hydrogen (secondary N) is 2. The number of halogens is 5. The van der Waals surface area contributed by atoms with E-state index in [0.29, 0.717) is 13.0 Å². The average Bonchev–Trinajstić information content (AvgIpc) is 2.67. The van der Waals surface area contributed by atoms with E-state index in [0.717, 1.165) is 12.3 Å². The number of ether oxygens (including phenoxy) is 2. The molecule has 29 heavy (non-hydrogen) atoms. The minimum Gasteiger partial charge on any atom is -0.493 e. The lowest BCUT2D eigenvalue weighted by Crippen LogP contribution is -2.26. The van der Waals surface area contributed by atoms with Gasteiger partial charge in [-0.2, -0.15) is 22.0 Å². The zero-order chi connectivity index (χ0) is 21.4. The van der Waals surface area contributed by atoms with E-state index < -0.39 is 24.3 Å². The van der Waals surface area contributed by atoms with Crippen LogP contribution in [0.4, 0.5) is 27.8 Å². The molecule has 0 aliphatic rings. The Kier molecular flexibility index (Phi) is 7.57. The van der Waals surface area contributed by atoms with E-state index in [1.165, 1.54) is 31.4 Å². The van der Waals surface area contributed by atoms with Gasteiger partial charge >= 0.3 is 12.8 Å². The van der Waals surface area contributed by atoms with Gasteiger partial charge in [0.15, 0.2) is 11.5 Å². The van der Waals surface area contributed by atoms with Crippen molar-refractivity contribution in [2.45, 2.75) is 19.2 Å². The second kappa shape index (κ2) is 9.89. The van der Waals surface area contributed by atoms with Crippen molar-refractivity contribution >= 4 is 11.7 Å². The second-order valence-corrected chi connectivity index (χ2v) is 5.71. The van der Waals surface area contributed by atoms with Crippen molar-refractivity contribution in [3.63, 3.8) is 0 Å². The third-order valence-corrected chi connectivity index (χ3v) is 3.68. The molecule has 2 aromatic rings. The molecule has 1 heterocycles. The van der Waals surface area contributed by atoms with Crippen LogP contribution in [0.2, 0.25) is 0 Å². The van der Waals surface area contributed by atoms with E-state index in [1.807, 2.05) is 0 Å². The number of methoxy groups -OCH3 is 1. The smallest absolute Gasteiger partial charge is 0.417 e. The summed E-state index contributed by atoms with van der Waals surface area (Å²) in [5.41, 5.74) is -0.642. The summed E-state index contributed by atoms with van der Waals surface area (Å²) in [4.78, 5) is 15.8. The fraction of sp³-hybridized carbons (Fsp3) is 0.333. The molecule has 158 valence electrons. The van der Waals surface area contributed by atoms with Crippen molar-refractivity contribution in [1.29, 1.82) is 0 Å². The van der Waals surface area contributed by atoms with E-state index in [1.54, 1.807) is 0 Å². The minimum atomic E-state index is -4.44. The molecule has 0 aliphatic carbocycles. The maximum Gasteiger partial charge on any atom is 0.417 e. The molecule has 2 rings (SSSR count). The van der Waals surface area contributed by atoms with Gasteiger partial charge in [0.05, 0.1) is 12.7 Å². The van der Waals surface area contributed by atoms with Gasteiger partial charge in [-0.3, -0.25) is 4.79 Å². The summed E-state index contributed by atoms with van der Waals surface area (Å²) in [6.45, 7) is -2.39. The summed E-state index contributed by atoms with van der Waals surface area (Å²) in [5, 5.41) is 5.48. The van der Waals surface area contributed by atoms with Gasteiger partial charge < -0.3 is 20.1 Å². The first-order chi connectivity index (χ1) is 13.7. The van der Waals surface area contributed by atoms with E-state index >= 15 is 0 Å². The third-order valence-electron chi connectivity index (χ3n) is 3.68. The molecule has 0 fully saturated rings. The van der Waals surface area contributed by atoms with Crippen LogP contribution >= 0.6 is 0 Å². The fourth-order valence-corrected chi connectivity index (χ4v) is 2.28. The summed E-state index contributed by atoms with van der Waals surface area (Å²) in [6, 6.07) is 5.94. The fourth-order valence-electron chi connectivity index (χ4n) is 2.28.